The Kier molecular flexibility index (Phi) is 3.32. The third-order valence-corrected chi connectivity index (χ3v) is 1.82. The van der Waals surface area contributed by atoms with Gasteiger partial charge in [0, 0.05) is 19.1 Å². The molecule has 1 aromatic carbocycles. The highest BCUT2D eigenvalue weighted by Crippen LogP contribution is 2.21. The van der Waals surface area contributed by atoms with E-state index < -0.39 is 0 Å². The second kappa shape index (κ2) is 4.28. The Morgan fingerprint density at radius 3 is 2.62 bits per heavy atom. The van der Waals surface area contributed by atoms with Crippen molar-refractivity contribution in [2.75, 3.05) is 14.1 Å². The lowest BCUT2D eigenvalue weighted by Gasteiger charge is -2.04. The first kappa shape index (κ1) is 10.1. The molecule has 0 unspecified atom stereocenters. The maximum absolute atomic E-state index is 5.82. The number of halogens is 1. The van der Waals surface area contributed by atoms with Crippen molar-refractivity contribution in [2.45, 2.75) is 6.92 Å². The van der Waals surface area contributed by atoms with Crippen LogP contribution in [0.15, 0.2) is 23.2 Å². The van der Waals surface area contributed by atoms with E-state index in [2.05, 4.69) is 4.99 Å². The molecule has 3 heteroatoms. The number of aliphatic imine (C=N–C) groups is 1. The molecule has 13 heavy (non-hydrogen) atoms. The first-order valence-electron chi connectivity index (χ1n) is 4.06. The van der Waals surface area contributed by atoms with Gasteiger partial charge in [0.05, 0.1) is 12.0 Å². The quantitative estimate of drug-likeness (QED) is 0.525. The standard InChI is InChI=1S/C10H13ClN2/c1-8-6-9(11)4-5-10(8)12-7-13(2)3/h4-7H,1-3H3. The highest BCUT2D eigenvalue weighted by atomic mass is 35.5. The molecule has 70 valence electrons. The summed E-state index contributed by atoms with van der Waals surface area (Å²) in [5.41, 5.74) is 2.05. The molecule has 0 atom stereocenters. The van der Waals surface area contributed by atoms with Crippen molar-refractivity contribution in [3.05, 3.63) is 28.8 Å². The third-order valence-electron chi connectivity index (χ3n) is 1.59. The highest BCUT2D eigenvalue weighted by molar-refractivity contribution is 6.30. The molecule has 0 aromatic heterocycles. The molecule has 0 saturated heterocycles. The van der Waals surface area contributed by atoms with Crippen LogP contribution in [-0.2, 0) is 0 Å². The van der Waals surface area contributed by atoms with E-state index in [0.29, 0.717) is 0 Å². The van der Waals surface area contributed by atoms with Crippen LogP contribution < -0.4 is 0 Å². The summed E-state index contributed by atoms with van der Waals surface area (Å²) in [5.74, 6) is 0. The summed E-state index contributed by atoms with van der Waals surface area (Å²) in [4.78, 5) is 6.19. The molecule has 0 aliphatic heterocycles. The minimum absolute atomic E-state index is 0.751. The fraction of sp³-hybridized carbons (Fsp3) is 0.300. The molecule has 2 nitrogen and oxygen atoms in total. The van der Waals surface area contributed by atoms with Crippen LogP contribution in [0.3, 0.4) is 0 Å². The maximum atomic E-state index is 5.82. The van der Waals surface area contributed by atoms with Gasteiger partial charge in [-0.25, -0.2) is 4.99 Å². The van der Waals surface area contributed by atoms with Gasteiger partial charge in [0.15, 0.2) is 0 Å². The van der Waals surface area contributed by atoms with Gasteiger partial charge < -0.3 is 4.90 Å². The maximum Gasteiger partial charge on any atom is 0.0907 e. The number of hydrogen-bond donors (Lipinski definition) is 0. The Labute approximate surface area is 83.8 Å². The summed E-state index contributed by atoms with van der Waals surface area (Å²) in [6.45, 7) is 1.99. The molecule has 0 radical (unpaired) electrons. The molecular weight excluding hydrogens is 184 g/mol. The summed E-state index contributed by atoms with van der Waals surface area (Å²) in [5, 5.41) is 0.751. The molecule has 0 aliphatic rings. The first-order chi connectivity index (χ1) is 6.09. The zero-order valence-corrected chi connectivity index (χ0v) is 8.84. The van der Waals surface area contributed by atoms with E-state index in [0.717, 1.165) is 16.3 Å². The lowest BCUT2D eigenvalue weighted by atomic mass is 10.2. The second-order valence-electron chi connectivity index (χ2n) is 3.14. The molecule has 0 fully saturated rings. The molecule has 0 saturated carbocycles. The molecular formula is C10H13ClN2. The van der Waals surface area contributed by atoms with Crippen LogP contribution in [0, 0.1) is 6.92 Å². The molecule has 0 N–H and O–H groups in total. The smallest absolute Gasteiger partial charge is 0.0907 e. The van der Waals surface area contributed by atoms with Gasteiger partial charge in [0.2, 0.25) is 0 Å². The summed E-state index contributed by atoms with van der Waals surface area (Å²) < 4.78 is 0. The Balaban J connectivity index is 2.90. The number of hydrogen-bond acceptors (Lipinski definition) is 1. The van der Waals surface area contributed by atoms with E-state index in [-0.39, 0.29) is 0 Å². The Morgan fingerprint density at radius 1 is 1.38 bits per heavy atom. The minimum Gasteiger partial charge on any atom is -0.369 e. The second-order valence-corrected chi connectivity index (χ2v) is 3.58. The van der Waals surface area contributed by atoms with Crippen molar-refractivity contribution in [1.29, 1.82) is 0 Å². The van der Waals surface area contributed by atoms with Crippen LogP contribution in [0.5, 0.6) is 0 Å². The van der Waals surface area contributed by atoms with Gasteiger partial charge in [-0.3, -0.25) is 0 Å². The van der Waals surface area contributed by atoms with Gasteiger partial charge in [-0.05, 0) is 30.7 Å². The van der Waals surface area contributed by atoms with Gasteiger partial charge in [0.25, 0.3) is 0 Å². The van der Waals surface area contributed by atoms with Gasteiger partial charge in [-0.15, -0.1) is 0 Å². The predicted octanol–water partition coefficient (Wildman–Crippen LogP) is 2.87. The van der Waals surface area contributed by atoms with Crippen LogP contribution in [-0.4, -0.2) is 25.3 Å². The van der Waals surface area contributed by atoms with Crippen LogP contribution in [0.25, 0.3) is 0 Å². The van der Waals surface area contributed by atoms with Gasteiger partial charge >= 0.3 is 0 Å². The van der Waals surface area contributed by atoms with Crippen molar-refractivity contribution in [1.82, 2.24) is 4.90 Å². The van der Waals surface area contributed by atoms with Gasteiger partial charge in [0.1, 0.15) is 0 Å². The Bertz CT molecular complexity index is 319. The van der Waals surface area contributed by atoms with Crippen molar-refractivity contribution >= 4 is 23.6 Å². The van der Waals surface area contributed by atoms with E-state index in [9.17, 15) is 0 Å². The number of aryl methyl sites for hydroxylation is 1. The van der Waals surface area contributed by atoms with Gasteiger partial charge in [-0.1, -0.05) is 11.6 Å². The van der Waals surface area contributed by atoms with E-state index in [4.69, 9.17) is 11.6 Å². The largest absolute Gasteiger partial charge is 0.369 e. The average Bonchev–Trinajstić information content (AvgIpc) is 2.02. The van der Waals surface area contributed by atoms with Crippen molar-refractivity contribution in [3.8, 4) is 0 Å². The molecule has 1 rings (SSSR count). The zero-order valence-electron chi connectivity index (χ0n) is 8.08. The Hall–Kier alpha value is -1.02. The van der Waals surface area contributed by atoms with E-state index in [1.807, 2.05) is 44.1 Å². The SMILES string of the molecule is Cc1cc(Cl)ccc1N=CN(C)C. The van der Waals surface area contributed by atoms with Crippen LogP contribution in [0.2, 0.25) is 5.02 Å². The molecule has 0 heterocycles. The molecule has 0 bridgehead atoms. The molecule has 0 spiro atoms. The lowest BCUT2D eigenvalue weighted by molar-refractivity contribution is 0.643. The van der Waals surface area contributed by atoms with E-state index in [1.54, 1.807) is 6.34 Å². The topological polar surface area (TPSA) is 15.6 Å². The van der Waals surface area contributed by atoms with Crippen LogP contribution >= 0.6 is 11.6 Å². The minimum atomic E-state index is 0.751. The molecule has 0 aliphatic carbocycles. The summed E-state index contributed by atoms with van der Waals surface area (Å²) in [6.07, 6.45) is 1.77. The Morgan fingerprint density at radius 2 is 2.08 bits per heavy atom. The van der Waals surface area contributed by atoms with Crippen LogP contribution in [0.1, 0.15) is 5.56 Å². The highest BCUT2D eigenvalue weighted by Gasteiger charge is 1.95. The van der Waals surface area contributed by atoms with E-state index in [1.165, 1.54) is 0 Å². The number of rotatable bonds is 2. The summed E-state index contributed by atoms with van der Waals surface area (Å²) >= 11 is 5.82. The van der Waals surface area contributed by atoms with Gasteiger partial charge in [-0.2, -0.15) is 0 Å². The summed E-state index contributed by atoms with van der Waals surface area (Å²) in [6, 6.07) is 5.67. The number of nitrogens with zero attached hydrogens (tertiary/aromatic N) is 2. The number of benzene rings is 1. The fourth-order valence-corrected chi connectivity index (χ4v) is 1.17. The third kappa shape index (κ3) is 3.07. The average molecular weight is 197 g/mol. The molecule has 1 aromatic rings. The molecule has 0 amide bonds. The lowest BCUT2D eigenvalue weighted by Crippen LogP contribution is -2.07. The van der Waals surface area contributed by atoms with Crippen LogP contribution in [0.4, 0.5) is 5.69 Å². The fourth-order valence-electron chi connectivity index (χ4n) is 0.941. The first-order valence-corrected chi connectivity index (χ1v) is 4.44. The van der Waals surface area contributed by atoms with Crippen molar-refractivity contribution < 1.29 is 0 Å². The zero-order chi connectivity index (χ0) is 9.84. The van der Waals surface area contributed by atoms with Crippen molar-refractivity contribution in [2.24, 2.45) is 4.99 Å². The normalized spacial score (nSPS) is 10.8. The van der Waals surface area contributed by atoms with E-state index >= 15 is 0 Å². The van der Waals surface area contributed by atoms with Crippen molar-refractivity contribution in [3.63, 3.8) is 0 Å². The predicted molar refractivity (Wildman–Crippen MR) is 58.0 cm³/mol. The monoisotopic (exact) mass is 196 g/mol. The summed E-state index contributed by atoms with van der Waals surface area (Å²) in [7, 11) is 3.88.